The summed E-state index contributed by atoms with van der Waals surface area (Å²) in [5.41, 5.74) is 4.42. The zero-order valence-corrected chi connectivity index (χ0v) is 13.0. The number of amides is 1. The number of carbonyl (C=O) groups is 1. The molecule has 1 amide bonds. The Bertz CT molecular complexity index is 675. The highest BCUT2D eigenvalue weighted by molar-refractivity contribution is 5.92. The van der Waals surface area contributed by atoms with Crippen LogP contribution in [-0.2, 0) is 4.79 Å². The molecule has 0 atom stereocenters. The van der Waals surface area contributed by atoms with Gasteiger partial charge in [-0.2, -0.15) is 0 Å². The van der Waals surface area contributed by atoms with Gasteiger partial charge >= 0.3 is 0 Å². The monoisotopic (exact) mass is 295 g/mol. The number of hydrogen-bond acceptors (Lipinski definition) is 3. The highest BCUT2D eigenvalue weighted by Crippen LogP contribution is 2.27. The maximum Gasteiger partial charge on any atom is 0.228 e. The van der Waals surface area contributed by atoms with Gasteiger partial charge in [-0.1, -0.05) is 24.1 Å². The third kappa shape index (κ3) is 3.27. The highest BCUT2D eigenvalue weighted by Gasteiger charge is 2.25. The van der Waals surface area contributed by atoms with E-state index in [-0.39, 0.29) is 11.8 Å². The van der Waals surface area contributed by atoms with E-state index in [0.29, 0.717) is 5.82 Å². The van der Waals surface area contributed by atoms with Crippen LogP contribution < -0.4 is 10.6 Å². The van der Waals surface area contributed by atoms with E-state index >= 15 is 0 Å². The van der Waals surface area contributed by atoms with Crippen molar-refractivity contribution in [2.24, 2.45) is 5.92 Å². The van der Waals surface area contributed by atoms with Crippen molar-refractivity contribution >= 4 is 23.1 Å². The molecule has 22 heavy (non-hydrogen) atoms. The van der Waals surface area contributed by atoms with E-state index in [1.807, 2.05) is 12.1 Å². The van der Waals surface area contributed by atoms with Crippen LogP contribution in [0.15, 0.2) is 36.5 Å². The number of nitrogens with zero attached hydrogens (tertiary/aromatic N) is 1. The fourth-order valence-corrected chi connectivity index (χ4v) is 2.55. The van der Waals surface area contributed by atoms with Gasteiger partial charge < -0.3 is 10.6 Å². The van der Waals surface area contributed by atoms with E-state index in [9.17, 15) is 4.79 Å². The van der Waals surface area contributed by atoms with Crippen LogP contribution in [0.5, 0.6) is 0 Å². The first-order chi connectivity index (χ1) is 10.6. The molecule has 4 nitrogen and oxygen atoms in total. The summed E-state index contributed by atoms with van der Waals surface area (Å²) in [6.45, 7) is 4.16. The second kappa shape index (κ2) is 6.18. The average Bonchev–Trinajstić information content (AvgIpc) is 2.42. The van der Waals surface area contributed by atoms with Gasteiger partial charge in [0.2, 0.25) is 5.91 Å². The van der Waals surface area contributed by atoms with Crippen molar-refractivity contribution in [3.63, 3.8) is 0 Å². The number of anilines is 3. The first kappa shape index (κ1) is 14.6. The zero-order valence-electron chi connectivity index (χ0n) is 13.0. The molecule has 0 aliphatic heterocycles. The Kier molecular flexibility index (Phi) is 4.09. The number of carbonyl (C=O) groups excluding carboxylic acids is 1. The maximum absolute atomic E-state index is 11.9. The molecule has 1 aliphatic carbocycles. The fourth-order valence-electron chi connectivity index (χ4n) is 2.55. The van der Waals surface area contributed by atoms with E-state index in [1.165, 1.54) is 11.1 Å². The van der Waals surface area contributed by atoms with Crippen LogP contribution in [0.3, 0.4) is 0 Å². The van der Waals surface area contributed by atoms with Crippen molar-refractivity contribution in [1.29, 1.82) is 0 Å². The van der Waals surface area contributed by atoms with Crippen molar-refractivity contribution in [2.45, 2.75) is 33.1 Å². The highest BCUT2D eigenvalue weighted by atomic mass is 16.2. The van der Waals surface area contributed by atoms with Gasteiger partial charge in [-0.05, 0) is 50.5 Å². The van der Waals surface area contributed by atoms with E-state index in [0.717, 1.165) is 30.6 Å². The normalized spacial score (nSPS) is 14.3. The summed E-state index contributed by atoms with van der Waals surface area (Å²) in [4.78, 5) is 16.2. The lowest BCUT2D eigenvalue weighted by Gasteiger charge is -2.23. The third-order valence-electron chi connectivity index (χ3n) is 4.15. The summed E-state index contributed by atoms with van der Waals surface area (Å²) < 4.78 is 0. The quantitative estimate of drug-likeness (QED) is 0.889. The molecule has 1 aromatic carbocycles. The van der Waals surface area contributed by atoms with Gasteiger partial charge in [0.15, 0.2) is 0 Å². The van der Waals surface area contributed by atoms with Gasteiger partial charge in [-0.25, -0.2) is 4.98 Å². The third-order valence-corrected chi connectivity index (χ3v) is 4.15. The number of rotatable bonds is 4. The van der Waals surface area contributed by atoms with E-state index in [2.05, 4.69) is 47.7 Å². The Labute approximate surface area is 131 Å². The molecule has 0 unspecified atom stereocenters. The zero-order chi connectivity index (χ0) is 15.5. The fraction of sp³-hybridized carbons (Fsp3) is 0.333. The summed E-state index contributed by atoms with van der Waals surface area (Å²) >= 11 is 0. The van der Waals surface area contributed by atoms with Crippen LogP contribution in [-0.4, -0.2) is 10.9 Å². The van der Waals surface area contributed by atoms with Gasteiger partial charge in [0.25, 0.3) is 0 Å². The topological polar surface area (TPSA) is 54.0 Å². The minimum absolute atomic E-state index is 0.0915. The molecule has 0 spiro atoms. The smallest absolute Gasteiger partial charge is 0.228 e. The van der Waals surface area contributed by atoms with E-state index in [4.69, 9.17) is 0 Å². The second-order valence-corrected chi connectivity index (χ2v) is 5.99. The van der Waals surface area contributed by atoms with Crippen LogP contribution in [0.4, 0.5) is 17.2 Å². The number of nitrogens with one attached hydrogen (secondary N) is 2. The second-order valence-electron chi connectivity index (χ2n) is 5.99. The molecule has 4 heteroatoms. The number of pyridine rings is 1. The first-order valence-electron chi connectivity index (χ1n) is 7.73. The van der Waals surface area contributed by atoms with E-state index < -0.39 is 0 Å². The number of hydrogen-bond donors (Lipinski definition) is 2. The number of aromatic nitrogens is 1. The lowest BCUT2D eigenvalue weighted by molar-refractivity contribution is -0.122. The molecule has 0 radical (unpaired) electrons. The predicted octanol–water partition coefficient (Wildman–Crippen LogP) is 4.18. The lowest BCUT2D eigenvalue weighted by atomic mass is 9.85. The van der Waals surface area contributed by atoms with Gasteiger partial charge in [0.1, 0.15) is 5.82 Å². The van der Waals surface area contributed by atoms with Crippen LogP contribution in [0.2, 0.25) is 0 Å². The largest absolute Gasteiger partial charge is 0.354 e. The summed E-state index contributed by atoms with van der Waals surface area (Å²) in [5, 5.41) is 6.23. The SMILES string of the molecule is Cc1ccc(Nc2ccc(NC(=O)C3CCC3)nc2)c(C)c1. The lowest BCUT2D eigenvalue weighted by Crippen LogP contribution is -2.28. The Morgan fingerprint density at radius 2 is 2.00 bits per heavy atom. The molecule has 114 valence electrons. The molecule has 1 aliphatic rings. The van der Waals surface area contributed by atoms with Crippen molar-refractivity contribution in [1.82, 2.24) is 4.98 Å². The Hall–Kier alpha value is -2.36. The first-order valence-corrected chi connectivity index (χ1v) is 7.73. The summed E-state index contributed by atoms with van der Waals surface area (Å²) in [7, 11) is 0. The predicted molar refractivity (Wildman–Crippen MR) is 89.4 cm³/mol. The maximum atomic E-state index is 11.9. The van der Waals surface area contributed by atoms with Crippen molar-refractivity contribution < 1.29 is 4.79 Å². The molecule has 2 aromatic rings. The standard InChI is InChI=1S/C18H21N3O/c1-12-6-8-16(13(2)10-12)20-15-7-9-17(19-11-15)21-18(22)14-4-3-5-14/h6-11,14,20H,3-5H2,1-2H3,(H,19,21,22). The molecule has 3 rings (SSSR count). The molecular weight excluding hydrogens is 274 g/mol. The van der Waals surface area contributed by atoms with Crippen LogP contribution in [0, 0.1) is 19.8 Å². The van der Waals surface area contributed by atoms with Gasteiger partial charge in [-0.15, -0.1) is 0 Å². The van der Waals surface area contributed by atoms with Crippen LogP contribution in [0.1, 0.15) is 30.4 Å². The minimum Gasteiger partial charge on any atom is -0.354 e. The summed E-state index contributed by atoms with van der Waals surface area (Å²) in [6.07, 6.45) is 4.90. The Morgan fingerprint density at radius 3 is 2.59 bits per heavy atom. The molecular formula is C18H21N3O. The summed E-state index contributed by atoms with van der Waals surface area (Å²) in [5.74, 6) is 0.881. The van der Waals surface area contributed by atoms with Crippen molar-refractivity contribution in [2.75, 3.05) is 10.6 Å². The van der Waals surface area contributed by atoms with Crippen LogP contribution >= 0.6 is 0 Å². The molecule has 1 heterocycles. The van der Waals surface area contributed by atoms with E-state index in [1.54, 1.807) is 6.20 Å². The summed E-state index contributed by atoms with van der Waals surface area (Å²) in [6, 6.07) is 10.1. The molecule has 1 fully saturated rings. The van der Waals surface area contributed by atoms with Crippen molar-refractivity contribution in [3.8, 4) is 0 Å². The number of aryl methyl sites for hydroxylation is 2. The number of benzene rings is 1. The minimum atomic E-state index is 0.0915. The molecule has 0 bridgehead atoms. The van der Waals surface area contributed by atoms with Gasteiger partial charge in [0, 0.05) is 11.6 Å². The Balaban J connectivity index is 1.64. The molecule has 1 aromatic heterocycles. The van der Waals surface area contributed by atoms with Crippen LogP contribution in [0.25, 0.3) is 0 Å². The molecule has 0 saturated heterocycles. The van der Waals surface area contributed by atoms with Crippen molar-refractivity contribution in [3.05, 3.63) is 47.7 Å². The Morgan fingerprint density at radius 1 is 1.18 bits per heavy atom. The molecule has 1 saturated carbocycles. The van der Waals surface area contributed by atoms with Gasteiger partial charge in [0.05, 0.1) is 11.9 Å². The average molecular weight is 295 g/mol. The van der Waals surface area contributed by atoms with Gasteiger partial charge in [-0.3, -0.25) is 4.79 Å². The molecule has 2 N–H and O–H groups in total.